The molecule has 1 aromatic carbocycles. The van der Waals surface area contributed by atoms with Gasteiger partial charge in [-0.05, 0) is 38.2 Å². The van der Waals surface area contributed by atoms with E-state index in [-0.39, 0.29) is 11.6 Å². The van der Waals surface area contributed by atoms with Gasteiger partial charge in [0.15, 0.2) is 5.78 Å². The molecule has 0 aliphatic carbocycles. The molecule has 0 radical (unpaired) electrons. The van der Waals surface area contributed by atoms with Crippen LogP contribution in [-0.2, 0) is 6.54 Å². The second kappa shape index (κ2) is 6.18. The highest BCUT2D eigenvalue weighted by Gasteiger charge is 2.13. The predicted molar refractivity (Wildman–Crippen MR) is 79.7 cm³/mol. The third-order valence-electron chi connectivity index (χ3n) is 3.77. The van der Waals surface area contributed by atoms with Crippen molar-refractivity contribution < 1.29 is 9.18 Å². The van der Waals surface area contributed by atoms with Crippen LogP contribution in [0.15, 0.2) is 24.4 Å². The largest absolute Gasteiger partial charge is 0.345 e. The van der Waals surface area contributed by atoms with Crippen molar-refractivity contribution in [1.29, 1.82) is 0 Å². The summed E-state index contributed by atoms with van der Waals surface area (Å²) in [7, 11) is 0. The summed E-state index contributed by atoms with van der Waals surface area (Å²) >= 11 is 0. The molecule has 0 unspecified atom stereocenters. The van der Waals surface area contributed by atoms with Crippen molar-refractivity contribution in [3.63, 3.8) is 0 Å². The standard InChI is InChI=1S/C16H21FN2O/c1-4-18(5-2)8-9-19-11-15(12(3)20)14-10-13(17)6-7-16(14)19/h6-7,10-11H,4-5,8-9H2,1-3H3. The van der Waals surface area contributed by atoms with Crippen molar-refractivity contribution in [1.82, 2.24) is 9.47 Å². The van der Waals surface area contributed by atoms with E-state index in [0.29, 0.717) is 10.9 Å². The number of aromatic nitrogens is 1. The maximum absolute atomic E-state index is 13.4. The van der Waals surface area contributed by atoms with Crippen molar-refractivity contribution in [2.45, 2.75) is 27.3 Å². The smallest absolute Gasteiger partial charge is 0.161 e. The van der Waals surface area contributed by atoms with Gasteiger partial charge in [0.25, 0.3) is 0 Å². The van der Waals surface area contributed by atoms with Crippen LogP contribution in [0.25, 0.3) is 10.9 Å². The molecule has 0 spiro atoms. The number of Topliss-reactive ketones (excluding diaryl/α,β-unsaturated/α-hetero) is 1. The highest BCUT2D eigenvalue weighted by atomic mass is 19.1. The highest BCUT2D eigenvalue weighted by Crippen LogP contribution is 2.23. The van der Waals surface area contributed by atoms with E-state index in [1.54, 1.807) is 6.07 Å². The van der Waals surface area contributed by atoms with E-state index in [1.165, 1.54) is 19.1 Å². The maximum atomic E-state index is 13.4. The first-order valence-electron chi connectivity index (χ1n) is 7.08. The lowest BCUT2D eigenvalue weighted by Gasteiger charge is -2.18. The Kier molecular flexibility index (Phi) is 4.55. The number of halogens is 1. The van der Waals surface area contributed by atoms with Crippen LogP contribution in [0.3, 0.4) is 0 Å². The third kappa shape index (κ3) is 2.90. The lowest BCUT2D eigenvalue weighted by Crippen LogP contribution is -2.26. The van der Waals surface area contributed by atoms with E-state index in [4.69, 9.17) is 0 Å². The minimum atomic E-state index is -0.304. The number of hydrogen-bond donors (Lipinski definition) is 0. The number of nitrogens with zero attached hydrogens (tertiary/aromatic N) is 2. The normalized spacial score (nSPS) is 11.4. The van der Waals surface area contributed by atoms with E-state index in [1.807, 2.05) is 10.8 Å². The van der Waals surface area contributed by atoms with Crippen molar-refractivity contribution in [3.8, 4) is 0 Å². The molecule has 1 heterocycles. The number of rotatable bonds is 6. The summed E-state index contributed by atoms with van der Waals surface area (Å²) in [4.78, 5) is 14.0. The number of fused-ring (bicyclic) bond motifs is 1. The van der Waals surface area contributed by atoms with Gasteiger partial charge in [0.1, 0.15) is 5.82 Å². The van der Waals surface area contributed by atoms with E-state index in [0.717, 1.165) is 31.7 Å². The van der Waals surface area contributed by atoms with Crippen LogP contribution in [-0.4, -0.2) is 34.9 Å². The molecule has 0 aliphatic heterocycles. The van der Waals surface area contributed by atoms with Crippen LogP contribution in [0.1, 0.15) is 31.1 Å². The van der Waals surface area contributed by atoms with Crippen molar-refractivity contribution in [2.24, 2.45) is 0 Å². The number of likely N-dealkylation sites (N-methyl/N-ethyl adjacent to an activating group) is 1. The summed E-state index contributed by atoms with van der Waals surface area (Å²) in [5.74, 6) is -0.330. The third-order valence-corrected chi connectivity index (χ3v) is 3.77. The fourth-order valence-electron chi connectivity index (χ4n) is 2.52. The molecular weight excluding hydrogens is 255 g/mol. The molecule has 2 rings (SSSR count). The zero-order chi connectivity index (χ0) is 14.7. The fraction of sp³-hybridized carbons (Fsp3) is 0.438. The highest BCUT2D eigenvalue weighted by molar-refractivity contribution is 6.06. The molecule has 0 saturated heterocycles. The zero-order valence-corrected chi connectivity index (χ0v) is 12.3. The Balaban J connectivity index is 2.36. The molecule has 0 saturated carbocycles. The minimum absolute atomic E-state index is 0.0258. The van der Waals surface area contributed by atoms with Gasteiger partial charge < -0.3 is 9.47 Å². The van der Waals surface area contributed by atoms with Crippen LogP contribution in [0.5, 0.6) is 0 Å². The van der Waals surface area contributed by atoms with Crippen LogP contribution >= 0.6 is 0 Å². The summed E-state index contributed by atoms with van der Waals surface area (Å²) < 4.78 is 15.4. The number of benzene rings is 1. The fourth-order valence-corrected chi connectivity index (χ4v) is 2.52. The first-order valence-corrected chi connectivity index (χ1v) is 7.08. The van der Waals surface area contributed by atoms with E-state index >= 15 is 0 Å². The Hall–Kier alpha value is -1.68. The first-order chi connectivity index (χ1) is 9.56. The number of ketones is 1. The maximum Gasteiger partial charge on any atom is 0.161 e. The Morgan fingerprint density at radius 2 is 2.00 bits per heavy atom. The SMILES string of the molecule is CCN(CC)CCn1cc(C(C)=O)c2cc(F)ccc21. The number of hydrogen-bond acceptors (Lipinski definition) is 2. The molecule has 108 valence electrons. The summed E-state index contributed by atoms with van der Waals surface area (Å²) in [5, 5.41) is 0.706. The summed E-state index contributed by atoms with van der Waals surface area (Å²) in [6.45, 7) is 9.52. The molecule has 4 heteroatoms. The van der Waals surface area contributed by atoms with Crippen LogP contribution < -0.4 is 0 Å². The van der Waals surface area contributed by atoms with Crippen molar-refractivity contribution in [3.05, 3.63) is 35.8 Å². The minimum Gasteiger partial charge on any atom is -0.345 e. The average molecular weight is 276 g/mol. The summed E-state index contributed by atoms with van der Waals surface area (Å²) in [6, 6.07) is 4.64. The van der Waals surface area contributed by atoms with Gasteiger partial charge >= 0.3 is 0 Å². The van der Waals surface area contributed by atoms with Crippen molar-refractivity contribution >= 4 is 16.7 Å². The zero-order valence-electron chi connectivity index (χ0n) is 12.3. The van der Waals surface area contributed by atoms with Crippen LogP contribution in [0.4, 0.5) is 4.39 Å². The Bertz CT molecular complexity index is 614. The molecule has 0 N–H and O–H groups in total. The van der Waals surface area contributed by atoms with E-state index < -0.39 is 0 Å². The van der Waals surface area contributed by atoms with Gasteiger partial charge in [-0.1, -0.05) is 13.8 Å². The van der Waals surface area contributed by atoms with Gasteiger partial charge in [-0.15, -0.1) is 0 Å². The average Bonchev–Trinajstić information content (AvgIpc) is 2.78. The topological polar surface area (TPSA) is 25.2 Å². The summed E-state index contributed by atoms with van der Waals surface area (Å²) in [6.07, 6.45) is 1.84. The Labute approximate surface area is 119 Å². The van der Waals surface area contributed by atoms with Gasteiger partial charge in [0.2, 0.25) is 0 Å². The Morgan fingerprint density at radius 3 is 2.60 bits per heavy atom. The molecular formula is C16H21FN2O. The molecule has 0 amide bonds. The molecule has 2 aromatic rings. The van der Waals surface area contributed by atoms with Crippen molar-refractivity contribution in [2.75, 3.05) is 19.6 Å². The molecule has 0 aliphatic rings. The quantitative estimate of drug-likeness (QED) is 0.756. The second-order valence-electron chi connectivity index (χ2n) is 4.98. The first kappa shape index (κ1) is 14.7. The lowest BCUT2D eigenvalue weighted by atomic mass is 10.1. The molecule has 20 heavy (non-hydrogen) atoms. The molecule has 0 atom stereocenters. The lowest BCUT2D eigenvalue weighted by molar-refractivity contribution is 0.101. The summed E-state index contributed by atoms with van der Waals surface area (Å²) in [5.41, 5.74) is 1.52. The van der Waals surface area contributed by atoms with Gasteiger partial charge in [0.05, 0.1) is 0 Å². The molecule has 1 aromatic heterocycles. The van der Waals surface area contributed by atoms with Gasteiger partial charge in [-0.2, -0.15) is 0 Å². The molecule has 0 fully saturated rings. The van der Waals surface area contributed by atoms with Crippen LogP contribution in [0.2, 0.25) is 0 Å². The monoisotopic (exact) mass is 276 g/mol. The van der Waals surface area contributed by atoms with Gasteiger partial charge in [-0.25, -0.2) is 4.39 Å². The van der Waals surface area contributed by atoms with Crippen LogP contribution in [0, 0.1) is 5.82 Å². The molecule has 0 bridgehead atoms. The van der Waals surface area contributed by atoms with E-state index in [2.05, 4.69) is 18.7 Å². The van der Waals surface area contributed by atoms with Gasteiger partial charge in [-0.3, -0.25) is 4.79 Å². The molecule has 3 nitrogen and oxygen atoms in total. The Morgan fingerprint density at radius 1 is 1.30 bits per heavy atom. The number of carbonyl (C=O) groups excluding carboxylic acids is 1. The predicted octanol–water partition coefficient (Wildman–Crippen LogP) is 3.32. The van der Waals surface area contributed by atoms with Gasteiger partial charge in [0, 0.05) is 35.8 Å². The second-order valence-corrected chi connectivity index (χ2v) is 4.98. The number of carbonyl (C=O) groups is 1. The van der Waals surface area contributed by atoms with E-state index in [9.17, 15) is 9.18 Å².